The van der Waals surface area contributed by atoms with Crippen LogP contribution in [0.25, 0.3) is 0 Å². The van der Waals surface area contributed by atoms with E-state index in [1.54, 1.807) is 13.0 Å². The molecule has 3 N–H and O–H groups in total. The van der Waals surface area contributed by atoms with Crippen molar-refractivity contribution in [3.63, 3.8) is 0 Å². The molecule has 0 bridgehead atoms. The summed E-state index contributed by atoms with van der Waals surface area (Å²) < 4.78 is 18.1. The molecule has 2 rings (SSSR count). The molecule has 0 saturated heterocycles. The van der Waals surface area contributed by atoms with Gasteiger partial charge in [0.15, 0.2) is 6.10 Å². The van der Waals surface area contributed by atoms with Crippen molar-refractivity contribution in [2.45, 2.75) is 20.0 Å². The molecule has 0 fully saturated rings. The molecule has 2 aromatic carbocycles. The van der Waals surface area contributed by atoms with Crippen LogP contribution < -0.4 is 15.6 Å². The molecule has 0 heterocycles. The second kappa shape index (κ2) is 7.45. The Balaban J connectivity index is 1.89. The second-order valence-electron chi connectivity index (χ2n) is 5.18. The minimum Gasteiger partial charge on any atom is -0.507 e. The van der Waals surface area contributed by atoms with Crippen molar-refractivity contribution >= 4 is 11.8 Å². The summed E-state index contributed by atoms with van der Waals surface area (Å²) in [4.78, 5) is 23.8. The average Bonchev–Trinajstić information content (AvgIpc) is 2.54. The summed E-state index contributed by atoms with van der Waals surface area (Å²) in [5.74, 6) is -1.53. The second-order valence-corrected chi connectivity index (χ2v) is 5.18. The Morgan fingerprint density at radius 1 is 1.12 bits per heavy atom. The molecule has 0 aliphatic heterocycles. The quantitative estimate of drug-likeness (QED) is 0.748. The minimum atomic E-state index is -0.914. The van der Waals surface area contributed by atoms with Crippen molar-refractivity contribution in [2.24, 2.45) is 0 Å². The molecule has 0 aromatic heterocycles. The maximum atomic E-state index is 12.8. The first kappa shape index (κ1) is 17.3. The molecule has 0 radical (unpaired) electrons. The van der Waals surface area contributed by atoms with Gasteiger partial charge in [-0.25, -0.2) is 4.39 Å². The molecular formula is C17H17FN2O4. The van der Waals surface area contributed by atoms with Crippen LogP contribution in [0.15, 0.2) is 42.5 Å². The number of halogens is 1. The number of carbonyl (C=O) groups is 2. The van der Waals surface area contributed by atoms with E-state index in [9.17, 15) is 19.1 Å². The third-order valence-corrected chi connectivity index (χ3v) is 3.19. The normalized spacial score (nSPS) is 11.5. The summed E-state index contributed by atoms with van der Waals surface area (Å²) in [6.45, 7) is 3.26. The molecule has 0 aliphatic carbocycles. The molecule has 2 amide bonds. The number of carbonyl (C=O) groups excluding carboxylic acids is 2. The molecule has 24 heavy (non-hydrogen) atoms. The van der Waals surface area contributed by atoms with Gasteiger partial charge in [0, 0.05) is 0 Å². The van der Waals surface area contributed by atoms with E-state index in [0.717, 1.165) is 5.56 Å². The highest BCUT2D eigenvalue weighted by Crippen LogP contribution is 2.18. The fraction of sp³-hybridized carbons (Fsp3) is 0.176. The van der Waals surface area contributed by atoms with E-state index < -0.39 is 23.7 Å². The van der Waals surface area contributed by atoms with Crippen LogP contribution in [-0.2, 0) is 4.79 Å². The zero-order chi connectivity index (χ0) is 17.7. The molecular weight excluding hydrogens is 315 g/mol. The summed E-state index contributed by atoms with van der Waals surface area (Å²) in [5.41, 5.74) is 5.24. The molecule has 7 heteroatoms. The smallest absolute Gasteiger partial charge is 0.279 e. The third-order valence-electron chi connectivity index (χ3n) is 3.19. The van der Waals surface area contributed by atoms with E-state index in [1.165, 1.54) is 43.3 Å². The first-order valence-corrected chi connectivity index (χ1v) is 7.19. The van der Waals surface area contributed by atoms with Gasteiger partial charge in [0.05, 0.1) is 5.56 Å². The summed E-state index contributed by atoms with van der Waals surface area (Å²) in [6, 6.07) is 9.76. The predicted molar refractivity (Wildman–Crippen MR) is 84.9 cm³/mol. The molecule has 0 spiro atoms. The number of nitrogens with one attached hydrogen (secondary N) is 2. The zero-order valence-electron chi connectivity index (χ0n) is 13.2. The number of hydrogen-bond acceptors (Lipinski definition) is 4. The van der Waals surface area contributed by atoms with E-state index >= 15 is 0 Å². The largest absolute Gasteiger partial charge is 0.507 e. The number of aromatic hydroxyl groups is 1. The van der Waals surface area contributed by atoms with E-state index in [1.807, 2.05) is 0 Å². The van der Waals surface area contributed by atoms with Gasteiger partial charge in [-0.05, 0) is 55.8 Å². The number of phenolic OH excluding ortho intramolecular Hbond substituents is 1. The third kappa shape index (κ3) is 4.45. The Bertz CT molecular complexity index is 747. The average molecular weight is 332 g/mol. The maximum Gasteiger partial charge on any atom is 0.279 e. The molecule has 6 nitrogen and oxygen atoms in total. The number of benzene rings is 2. The number of hydrogen-bond donors (Lipinski definition) is 3. The van der Waals surface area contributed by atoms with Gasteiger partial charge < -0.3 is 9.84 Å². The zero-order valence-corrected chi connectivity index (χ0v) is 13.2. The highest BCUT2D eigenvalue weighted by Gasteiger charge is 2.17. The lowest BCUT2D eigenvalue weighted by Crippen LogP contribution is -2.47. The predicted octanol–water partition coefficient (Wildman–Crippen LogP) is 2.07. The monoisotopic (exact) mass is 332 g/mol. The first-order valence-electron chi connectivity index (χ1n) is 7.19. The highest BCUT2D eigenvalue weighted by molar-refractivity contribution is 5.98. The van der Waals surface area contributed by atoms with E-state index in [-0.39, 0.29) is 11.3 Å². The van der Waals surface area contributed by atoms with Gasteiger partial charge >= 0.3 is 0 Å². The van der Waals surface area contributed by atoms with Gasteiger partial charge in [-0.15, -0.1) is 0 Å². The van der Waals surface area contributed by atoms with Crippen molar-refractivity contribution in [2.75, 3.05) is 0 Å². The van der Waals surface area contributed by atoms with Crippen LogP contribution in [-0.4, -0.2) is 23.0 Å². The Morgan fingerprint density at radius 2 is 1.79 bits per heavy atom. The molecule has 2 aromatic rings. The van der Waals surface area contributed by atoms with Crippen LogP contribution in [0.2, 0.25) is 0 Å². The maximum absolute atomic E-state index is 12.8. The van der Waals surface area contributed by atoms with Gasteiger partial charge in [0.1, 0.15) is 17.3 Å². The van der Waals surface area contributed by atoms with Crippen molar-refractivity contribution in [3.8, 4) is 11.5 Å². The molecule has 1 unspecified atom stereocenters. The number of phenols is 1. The van der Waals surface area contributed by atoms with Crippen molar-refractivity contribution in [1.82, 2.24) is 10.9 Å². The van der Waals surface area contributed by atoms with E-state index in [4.69, 9.17) is 4.74 Å². The highest BCUT2D eigenvalue weighted by atomic mass is 19.1. The van der Waals surface area contributed by atoms with Crippen LogP contribution in [0.5, 0.6) is 11.5 Å². The Kier molecular flexibility index (Phi) is 5.36. The van der Waals surface area contributed by atoms with Gasteiger partial charge in [0.25, 0.3) is 11.8 Å². The SMILES string of the molecule is Cc1ccc(C(=O)NNC(=O)C(C)Oc2ccc(F)cc2)c(O)c1. The van der Waals surface area contributed by atoms with Crippen molar-refractivity contribution in [3.05, 3.63) is 59.4 Å². The fourth-order valence-corrected chi connectivity index (χ4v) is 1.89. The van der Waals surface area contributed by atoms with E-state index in [0.29, 0.717) is 5.75 Å². The number of rotatable bonds is 4. The minimum absolute atomic E-state index is 0.0352. The number of hydrazine groups is 1. The first-order chi connectivity index (χ1) is 11.4. The topological polar surface area (TPSA) is 87.7 Å². The Labute approximate surface area is 138 Å². The summed E-state index contributed by atoms with van der Waals surface area (Å²) in [7, 11) is 0. The Hall–Kier alpha value is -3.09. The number of amides is 2. The van der Waals surface area contributed by atoms with Crippen molar-refractivity contribution in [1.29, 1.82) is 0 Å². The molecule has 126 valence electrons. The summed E-state index contributed by atoms with van der Waals surface area (Å²) >= 11 is 0. The van der Waals surface area contributed by atoms with Crippen LogP contribution in [0.3, 0.4) is 0 Å². The lowest BCUT2D eigenvalue weighted by molar-refractivity contribution is -0.128. The molecule has 1 atom stereocenters. The standard InChI is InChI=1S/C17H17FN2O4/c1-10-3-8-14(15(21)9-10)17(23)20-19-16(22)11(2)24-13-6-4-12(18)5-7-13/h3-9,11,21H,1-2H3,(H,19,22)(H,20,23). The summed E-state index contributed by atoms with van der Waals surface area (Å²) in [6.07, 6.45) is -0.914. The number of ether oxygens (including phenoxy) is 1. The van der Waals surface area contributed by atoms with Gasteiger partial charge in [-0.1, -0.05) is 6.07 Å². The van der Waals surface area contributed by atoms with Crippen LogP contribution in [0, 0.1) is 12.7 Å². The van der Waals surface area contributed by atoms with Crippen LogP contribution in [0.4, 0.5) is 4.39 Å². The lowest BCUT2D eigenvalue weighted by atomic mass is 10.1. The summed E-state index contributed by atoms with van der Waals surface area (Å²) in [5, 5.41) is 9.72. The van der Waals surface area contributed by atoms with E-state index in [2.05, 4.69) is 10.9 Å². The molecule has 0 saturated carbocycles. The van der Waals surface area contributed by atoms with Gasteiger partial charge in [-0.3, -0.25) is 20.4 Å². The van der Waals surface area contributed by atoms with Crippen molar-refractivity contribution < 1.29 is 23.8 Å². The van der Waals surface area contributed by atoms with Crippen LogP contribution in [0.1, 0.15) is 22.8 Å². The van der Waals surface area contributed by atoms with Gasteiger partial charge in [-0.2, -0.15) is 0 Å². The van der Waals surface area contributed by atoms with Gasteiger partial charge in [0.2, 0.25) is 0 Å². The van der Waals surface area contributed by atoms with Crippen LogP contribution >= 0.6 is 0 Å². The lowest BCUT2D eigenvalue weighted by Gasteiger charge is -2.15. The Morgan fingerprint density at radius 3 is 2.42 bits per heavy atom. The molecule has 0 aliphatic rings. The number of aryl methyl sites for hydroxylation is 1. The fourth-order valence-electron chi connectivity index (χ4n) is 1.89.